The predicted molar refractivity (Wildman–Crippen MR) is 86.8 cm³/mol. The number of alkyl halides is 3. The van der Waals surface area contributed by atoms with Crippen molar-refractivity contribution in [2.75, 3.05) is 11.9 Å². The van der Waals surface area contributed by atoms with Crippen molar-refractivity contribution in [2.24, 2.45) is 0 Å². The molecule has 8 heteroatoms. The van der Waals surface area contributed by atoms with Gasteiger partial charge in [0.15, 0.2) is 12.4 Å². The lowest BCUT2D eigenvalue weighted by Gasteiger charge is -2.12. The number of nitrogens with one attached hydrogen (secondary N) is 1. The third-order valence-electron chi connectivity index (χ3n) is 3.37. The maximum atomic E-state index is 12.9. The van der Waals surface area contributed by atoms with Gasteiger partial charge < -0.3 is 10.1 Å². The van der Waals surface area contributed by atoms with E-state index in [0.29, 0.717) is 0 Å². The molecule has 0 spiro atoms. The van der Waals surface area contributed by atoms with Gasteiger partial charge in [0, 0.05) is 5.56 Å². The van der Waals surface area contributed by atoms with Crippen LogP contribution in [0.5, 0.6) is 0 Å². The number of carbonyl (C=O) groups is 3. The number of rotatable bonds is 5. The Morgan fingerprint density at radius 1 is 0.962 bits per heavy atom. The number of halogens is 3. The zero-order valence-electron chi connectivity index (χ0n) is 13.6. The minimum Gasteiger partial charge on any atom is -0.452 e. The molecule has 0 atom stereocenters. The molecule has 0 unspecified atom stereocenters. The Kier molecular flexibility index (Phi) is 5.76. The first-order valence-electron chi connectivity index (χ1n) is 7.43. The zero-order valence-corrected chi connectivity index (χ0v) is 13.6. The second-order valence-electron chi connectivity index (χ2n) is 5.27. The van der Waals surface area contributed by atoms with Crippen LogP contribution in [0.15, 0.2) is 48.5 Å². The van der Waals surface area contributed by atoms with E-state index in [4.69, 9.17) is 0 Å². The van der Waals surface area contributed by atoms with Gasteiger partial charge in [-0.1, -0.05) is 24.3 Å². The van der Waals surface area contributed by atoms with Crippen molar-refractivity contribution in [1.82, 2.24) is 0 Å². The van der Waals surface area contributed by atoms with Crippen molar-refractivity contribution in [3.8, 4) is 0 Å². The summed E-state index contributed by atoms with van der Waals surface area (Å²) >= 11 is 0. The van der Waals surface area contributed by atoms with Crippen molar-refractivity contribution in [1.29, 1.82) is 0 Å². The number of ketones is 1. The third kappa shape index (κ3) is 4.69. The van der Waals surface area contributed by atoms with Crippen LogP contribution in [0.1, 0.15) is 33.2 Å². The van der Waals surface area contributed by atoms with Gasteiger partial charge in [-0.05, 0) is 31.2 Å². The molecular weight excluding hydrogens is 351 g/mol. The van der Waals surface area contributed by atoms with E-state index in [1.165, 1.54) is 25.1 Å². The molecule has 1 N–H and O–H groups in total. The molecule has 0 fully saturated rings. The Bertz CT molecular complexity index is 846. The highest BCUT2D eigenvalue weighted by Crippen LogP contribution is 2.32. The molecule has 5 nitrogen and oxygen atoms in total. The number of hydrogen-bond acceptors (Lipinski definition) is 4. The molecule has 0 aromatic heterocycles. The van der Waals surface area contributed by atoms with Crippen LogP contribution < -0.4 is 5.32 Å². The molecule has 26 heavy (non-hydrogen) atoms. The second-order valence-corrected chi connectivity index (χ2v) is 5.27. The molecule has 0 aliphatic rings. The van der Waals surface area contributed by atoms with Crippen LogP contribution >= 0.6 is 0 Å². The fourth-order valence-corrected chi connectivity index (χ4v) is 2.20. The van der Waals surface area contributed by atoms with Gasteiger partial charge in [0.1, 0.15) is 0 Å². The fraction of sp³-hybridized carbons (Fsp3) is 0.167. The summed E-state index contributed by atoms with van der Waals surface area (Å²) in [6.45, 7) is 0.524. The van der Waals surface area contributed by atoms with Crippen molar-refractivity contribution in [3.63, 3.8) is 0 Å². The SMILES string of the molecule is CC(=O)c1ccccc1NC(=O)COC(=O)c1ccccc1C(F)(F)F. The van der Waals surface area contributed by atoms with Crippen LogP contribution in [0.4, 0.5) is 18.9 Å². The Balaban J connectivity index is 2.05. The molecule has 0 radical (unpaired) electrons. The van der Waals surface area contributed by atoms with Crippen LogP contribution in [0.25, 0.3) is 0 Å². The minimum absolute atomic E-state index is 0.219. The van der Waals surface area contributed by atoms with Gasteiger partial charge in [-0.15, -0.1) is 0 Å². The van der Waals surface area contributed by atoms with Crippen molar-refractivity contribution in [3.05, 3.63) is 65.2 Å². The maximum Gasteiger partial charge on any atom is 0.417 e. The Hall–Kier alpha value is -3.16. The number of ether oxygens (including phenoxy) is 1. The topological polar surface area (TPSA) is 72.5 Å². The fourth-order valence-electron chi connectivity index (χ4n) is 2.20. The molecule has 0 aliphatic carbocycles. The van der Waals surface area contributed by atoms with E-state index < -0.39 is 35.8 Å². The molecule has 0 heterocycles. The molecule has 136 valence electrons. The molecule has 2 aromatic rings. The standard InChI is InChI=1S/C18H14F3NO4/c1-11(23)12-6-3-5-9-15(12)22-16(24)10-26-17(25)13-7-2-4-8-14(13)18(19,20)21/h2-9H,10H2,1H3,(H,22,24). The normalized spacial score (nSPS) is 10.9. The van der Waals surface area contributed by atoms with E-state index in [9.17, 15) is 27.6 Å². The number of amides is 1. The predicted octanol–water partition coefficient (Wildman–Crippen LogP) is 3.70. The van der Waals surface area contributed by atoms with E-state index >= 15 is 0 Å². The first-order valence-corrected chi connectivity index (χ1v) is 7.43. The summed E-state index contributed by atoms with van der Waals surface area (Å²) in [5.41, 5.74) is -1.35. The van der Waals surface area contributed by atoms with Crippen LogP contribution in [0, 0.1) is 0 Å². The first kappa shape index (κ1) is 19.2. The highest BCUT2D eigenvalue weighted by atomic mass is 19.4. The van der Waals surface area contributed by atoms with Gasteiger partial charge in [-0.25, -0.2) is 4.79 Å². The van der Waals surface area contributed by atoms with Crippen molar-refractivity contribution in [2.45, 2.75) is 13.1 Å². The molecule has 2 rings (SSSR count). The van der Waals surface area contributed by atoms with Gasteiger partial charge in [-0.2, -0.15) is 13.2 Å². The summed E-state index contributed by atoms with van der Waals surface area (Å²) < 4.78 is 43.4. The highest BCUT2D eigenvalue weighted by Gasteiger charge is 2.35. The number of benzene rings is 2. The summed E-state index contributed by atoms with van der Waals surface area (Å²) in [4.78, 5) is 35.3. The van der Waals surface area contributed by atoms with Crippen LogP contribution in [0.2, 0.25) is 0 Å². The average Bonchev–Trinajstić information content (AvgIpc) is 2.59. The number of para-hydroxylation sites is 1. The summed E-state index contributed by atoms with van der Waals surface area (Å²) in [6, 6.07) is 10.3. The Labute approximate surface area is 146 Å². The van der Waals surface area contributed by atoms with Gasteiger partial charge in [0.05, 0.1) is 16.8 Å². The third-order valence-corrected chi connectivity index (χ3v) is 3.37. The molecule has 1 amide bonds. The number of esters is 1. The van der Waals surface area contributed by atoms with E-state index in [0.717, 1.165) is 18.2 Å². The van der Waals surface area contributed by atoms with Gasteiger partial charge in [-0.3, -0.25) is 9.59 Å². The number of hydrogen-bond donors (Lipinski definition) is 1. The molecule has 0 aliphatic heterocycles. The zero-order chi connectivity index (χ0) is 19.3. The highest BCUT2D eigenvalue weighted by molar-refractivity contribution is 6.04. The van der Waals surface area contributed by atoms with Crippen molar-refractivity contribution < 1.29 is 32.3 Å². The number of carbonyl (C=O) groups excluding carboxylic acids is 3. The summed E-state index contributed by atoms with van der Waals surface area (Å²) in [7, 11) is 0. The lowest BCUT2D eigenvalue weighted by molar-refractivity contribution is -0.138. The van der Waals surface area contributed by atoms with Gasteiger partial charge in [0.2, 0.25) is 0 Å². The Morgan fingerprint density at radius 3 is 2.15 bits per heavy atom. The Morgan fingerprint density at radius 2 is 1.54 bits per heavy atom. The largest absolute Gasteiger partial charge is 0.452 e. The van der Waals surface area contributed by atoms with Crippen molar-refractivity contribution >= 4 is 23.3 Å². The van der Waals surface area contributed by atoms with Crippen LogP contribution in [-0.4, -0.2) is 24.3 Å². The first-order chi connectivity index (χ1) is 12.2. The number of anilines is 1. The lowest BCUT2D eigenvalue weighted by Crippen LogP contribution is -2.23. The van der Waals surface area contributed by atoms with E-state index in [1.54, 1.807) is 12.1 Å². The quantitative estimate of drug-likeness (QED) is 0.648. The molecular formula is C18H14F3NO4. The van der Waals surface area contributed by atoms with Gasteiger partial charge >= 0.3 is 12.1 Å². The monoisotopic (exact) mass is 365 g/mol. The smallest absolute Gasteiger partial charge is 0.417 e. The molecule has 0 bridgehead atoms. The minimum atomic E-state index is -4.72. The van der Waals surface area contributed by atoms with E-state index in [-0.39, 0.29) is 17.0 Å². The molecule has 0 saturated carbocycles. The van der Waals surface area contributed by atoms with Gasteiger partial charge in [0.25, 0.3) is 5.91 Å². The lowest BCUT2D eigenvalue weighted by atomic mass is 10.1. The summed E-state index contributed by atoms with van der Waals surface area (Å²) in [5.74, 6) is -2.33. The summed E-state index contributed by atoms with van der Waals surface area (Å²) in [6.07, 6.45) is -4.72. The molecule has 0 saturated heterocycles. The van der Waals surface area contributed by atoms with E-state index in [1.807, 2.05) is 0 Å². The maximum absolute atomic E-state index is 12.9. The van der Waals surface area contributed by atoms with Crippen LogP contribution in [0.3, 0.4) is 0 Å². The average molecular weight is 365 g/mol. The number of Topliss-reactive ketones (excluding diaryl/α,β-unsaturated/α-hetero) is 1. The summed E-state index contributed by atoms with van der Waals surface area (Å²) in [5, 5.41) is 2.38. The second kappa shape index (κ2) is 7.81. The van der Waals surface area contributed by atoms with Crippen LogP contribution in [-0.2, 0) is 15.7 Å². The van der Waals surface area contributed by atoms with E-state index in [2.05, 4.69) is 10.1 Å². The molecule has 2 aromatic carbocycles.